The Kier molecular flexibility index (Phi) is 6.68. The van der Waals surface area contributed by atoms with Gasteiger partial charge in [0, 0.05) is 21.8 Å². The second kappa shape index (κ2) is 8.96. The lowest BCUT2D eigenvalue weighted by Crippen LogP contribution is -2.30. The Balaban J connectivity index is 1.95. The van der Waals surface area contributed by atoms with Crippen molar-refractivity contribution in [3.05, 3.63) is 64.4 Å². The van der Waals surface area contributed by atoms with E-state index < -0.39 is 23.6 Å². The number of carbonyl (C=O) groups is 3. The molecule has 0 unspecified atom stereocenters. The van der Waals surface area contributed by atoms with Gasteiger partial charge < -0.3 is 15.4 Å². The molecule has 0 aliphatic rings. The van der Waals surface area contributed by atoms with Gasteiger partial charge in [-0.3, -0.25) is 14.4 Å². The van der Waals surface area contributed by atoms with E-state index in [2.05, 4.69) is 15.4 Å². The highest BCUT2D eigenvalue weighted by molar-refractivity contribution is 6.31. The van der Waals surface area contributed by atoms with Crippen molar-refractivity contribution >= 4 is 35.1 Å². The predicted molar refractivity (Wildman–Crippen MR) is 94.5 cm³/mol. The molecule has 26 heavy (non-hydrogen) atoms. The van der Waals surface area contributed by atoms with Crippen LogP contribution in [0.15, 0.2) is 42.5 Å². The van der Waals surface area contributed by atoms with Crippen molar-refractivity contribution in [2.24, 2.45) is 0 Å². The minimum absolute atomic E-state index is 0.116. The molecular formula is C18H16ClFN2O4. The summed E-state index contributed by atoms with van der Waals surface area (Å²) in [6.45, 7) is -0.239. The van der Waals surface area contributed by atoms with Gasteiger partial charge in [-0.2, -0.15) is 0 Å². The van der Waals surface area contributed by atoms with Gasteiger partial charge >= 0.3 is 5.97 Å². The summed E-state index contributed by atoms with van der Waals surface area (Å²) in [6, 6.07) is 10.2. The van der Waals surface area contributed by atoms with E-state index in [0.29, 0.717) is 11.3 Å². The zero-order valence-corrected chi connectivity index (χ0v) is 14.6. The number of halogens is 2. The van der Waals surface area contributed by atoms with Crippen LogP contribution in [0.4, 0.5) is 10.1 Å². The summed E-state index contributed by atoms with van der Waals surface area (Å²) in [5.41, 5.74) is 0.863. The molecule has 2 rings (SSSR count). The molecule has 2 aromatic carbocycles. The molecule has 0 fully saturated rings. The Bertz CT molecular complexity index is 804. The van der Waals surface area contributed by atoms with Crippen molar-refractivity contribution in [1.82, 2.24) is 5.32 Å². The number of rotatable bonds is 6. The van der Waals surface area contributed by atoms with Crippen LogP contribution in [0.5, 0.6) is 0 Å². The average Bonchev–Trinajstić information content (AvgIpc) is 2.63. The third-order valence-corrected chi connectivity index (χ3v) is 3.80. The van der Waals surface area contributed by atoms with Gasteiger partial charge in [-0.25, -0.2) is 4.39 Å². The van der Waals surface area contributed by atoms with Crippen molar-refractivity contribution in [3.63, 3.8) is 0 Å². The SMILES string of the molecule is COC(=O)CNC(=O)c1ccc(NC(=O)Cc2c(F)cccc2Cl)cc1. The summed E-state index contributed by atoms with van der Waals surface area (Å²) in [5, 5.41) is 5.18. The standard InChI is InChI=1S/C18H16ClFN2O4/c1-26-17(24)10-21-18(25)11-5-7-12(8-6-11)22-16(23)9-13-14(19)3-2-4-15(13)20/h2-8H,9-10H2,1H3,(H,21,25)(H,22,23). The van der Waals surface area contributed by atoms with Gasteiger partial charge in [-0.1, -0.05) is 17.7 Å². The van der Waals surface area contributed by atoms with Crippen LogP contribution in [-0.2, 0) is 20.7 Å². The fraction of sp³-hybridized carbons (Fsp3) is 0.167. The first-order chi connectivity index (χ1) is 12.4. The largest absolute Gasteiger partial charge is 0.468 e. The lowest BCUT2D eigenvalue weighted by atomic mass is 10.1. The summed E-state index contributed by atoms with van der Waals surface area (Å²) in [5.74, 6) is -2.01. The van der Waals surface area contributed by atoms with Crippen LogP contribution < -0.4 is 10.6 Å². The highest BCUT2D eigenvalue weighted by atomic mass is 35.5. The first kappa shape index (κ1) is 19.4. The molecule has 0 saturated carbocycles. The summed E-state index contributed by atoms with van der Waals surface area (Å²) in [7, 11) is 1.22. The van der Waals surface area contributed by atoms with E-state index in [1.165, 1.54) is 49.6 Å². The van der Waals surface area contributed by atoms with E-state index in [4.69, 9.17) is 11.6 Å². The van der Waals surface area contributed by atoms with E-state index in [9.17, 15) is 18.8 Å². The Morgan fingerprint density at radius 3 is 2.42 bits per heavy atom. The topological polar surface area (TPSA) is 84.5 Å². The van der Waals surface area contributed by atoms with Crippen molar-refractivity contribution in [3.8, 4) is 0 Å². The summed E-state index contributed by atoms with van der Waals surface area (Å²) in [4.78, 5) is 34.9. The predicted octanol–water partition coefficient (Wildman–Crippen LogP) is 2.56. The van der Waals surface area contributed by atoms with Gasteiger partial charge in [-0.05, 0) is 36.4 Å². The second-order valence-electron chi connectivity index (χ2n) is 5.26. The normalized spacial score (nSPS) is 10.1. The van der Waals surface area contributed by atoms with Gasteiger partial charge in [0.05, 0.1) is 13.5 Å². The Morgan fingerprint density at radius 1 is 1.12 bits per heavy atom. The fourth-order valence-corrected chi connectivity index (χ4v) is 2.33. The first-order valence-corrected chi connectivity index (χ1v) is 7.96. The van der Waals surface area contributed by atoms with Crippen LogP contribution in [0, 0.1) is 5.82 Å². The van der Waals surface area contributed by atoms with Gasteiger partial charge in [0.15, 0.2) is 0 Å². The maximum absolute atomic E-state index is 13.7. The monoisotopic (exact) mass is 378 g/mol. The second-order valence-corrected chi connectivity index (χ2v) is 5.67. The summed E-state index contributed by atoms with van der Waals surface area (Å²) >= 11 is 5.90. The minimum Gasteiger partial charge on any atom is -0.468 e. The molecule has 0 radical (unpaired) electrons. The van der Waals surface area contributed by atoms with E-state index in [-0.39, 0.29) is 23.6 Å². The molecule has 0 aliphatic carbocycles. The number of nitrogens with one attached hydrogen (secondary N) is 2. The Hall–Kier alpha value is -2.93. The van der Waals surface area contributed by atoms with Crippen molar-refractivity contribution < 1.29 is 23.5 Å². The fourth-order valence-electron chi connectivity index (χ4n) is 2.10. The summed E-state index contributed by atoms with van der Waals surface area (Å²) < 4.78 is 18.1. The zero-order chi connectivity index (χ0) is 19.1. The number of esters is 1. The van der Waals surface area contributed by atoms with Gasteiger partial charge in [0.2, 0.25) is 5.91 Å². The van der Waals surface area contributed by atoms with Gasteiger partial charge in [-0.15, -0.1) is 0 Å². The third-order valence-electron chi connectivity index (χ3n) is 3.45. The van der Waals surface area contributed by atoms with Gasteiger partial charge in [0.25, 0.3) is 5.91 Å². The number of benzene rings is 2. The maximum Gasteiger partial charge on any atom is 0.325 e. The van der Waals surface area contributed by atoms with Crippen molar-refractivity contribution in [2.75, 3.05) is 19.0 Å². The molecule has 0 aromatic heterocycles. The molecule has 6 nitrogen and oxygen atoms in total. The number of methoxy groups -OCH3 is 1. The maximum atomic E-state index is 13.7. The van der Waals surface area contributed by atoms with E-state index in [1.807, 2.05) is 0 Å². The Labute approximate surface area is 154 Å². The van der Waals surface area contributed by atoms with Crippen LogP contribution in [0.2, 0.25) is 5.02 Å². The Morgan fingerprint density at radius 2 is 1.81 bits per heavy atom. The van der Waals surface area contributed by atoms with Crippen molar-refractivity contribution in [2.45, 2.75) is 6.42 Å². The van der Waals surface area contributed by atoms with Crippen LogP contribution in [0.3, 0.4) is 0 Å². The molecule has 0 spiro atoms. The van der Waals surface area contributed by atoms with E-state index in [1.54, 1.807) is 0 Å². The molecule has 0 bridgehead atoms. The number of carbonyl (C=O) groups excluding carboxylic acids is 3. The minimum atomic E-state index is -0.561. The molecule has 0 saturated heterocycles. The molecule has 0 atom stereocenters. The number of amides is 2. The summed E-state index contributed by atoms with van der Waals surface area (Å²) in [6.07, 6.45) is -0.215. The molecule has 0 aliphatic heterocycles. The van der Waals surface area contributed by atoms with Crippen LogP contribution in [0.25, 0.3) is 0 Å². The van der Waals surface area contributed by atoms with Crippen LogP contribution in [0.1, 0.15) is 15.9 Å². The van der Waals surface area contributed by atoms with Crippen LogP contribution in [-0.4, -0.2) is 31.4 Å². The zero-order valence-electron chi connectivity index (χ0n) is 13.8. The quantitative estimate of drug-likeness (QED) is 0.757. The molecule has 136 valence electrons. The number of hydrogen-bond acceptors (Lipinski definition) is 4. The first-order valence-electron chi connectivity index (χ1n) is 7.58. The number of anilines is 1. The highest BCUT2D eigenvalue weighted by Gasteiger charge is 2.13. The number of ether oxygens (including phenoxy) is 1. The third kappa shape index (κ3) is 5.29. The molecule has 0 heterocycles. The molecule has 8 heteroatoms. The van der Waals surface area contributed by atoms with E-state index in [0.717, 1.165) is 0 Å². The van der Waals surface area contributed by atoms with E-state index >= 15 is 0 Å². The smallest absolute Gasteiger partial charge is 0.325 e. The van der Waals surface area contributed by atoms with Crippen LogP contribution >= 0.6 is 11.6 Å². The van der Waals surface area contributed by atoms with Gasteiger partial charge in [0.1, 0.15) is 12.4 Å². The molecule has 2 aromatic rings. The highest BCUT2D eigenvalue weighted by Crippen LogP contribution is 2.20. The molecular weight excluding hydrogens is 363 g/mol. The molecule has 2 amide bonds. The average molecular weight is 379 g/mol. The van der Waals surface area contributed by atoms with Crippen molar-refractivity contribution in [1.29, 1.82) is 0 Å². The lowest BCUT2D eigenvalue weighted by Gasteiger charge is -2.08. The molecule has 2 N–H and O–H groups in total. The lowest BCUT2D eigenvalue weighted by molar-refractivity contribution is -0.139. The number of hydrogen-bond donors (Lipinski definition) is 2.